The molecule has 0 aliphatic heterocycles. The van der Waals surface area contributed by atoms with Gasteiger partial charge >= 0.3 is 0 Å². The van der Waals surface area contributed by atoms with Gasteiger partial charge in [0, 0.05) is 17.2 Å². The van der Waals surface area contributed by atoms with Crippen LogP contribution in [0.3, 0.4) is 0 Å². The molecule has 3 aromatic heterocycles. The number of hydrogen-bond donors (Lipinski definition) is 0. The lowest BCUT2D eigenvalue weighted by molar-refractivity contribution is -0.114. The van der Waals surface area contributed by atoms with E-state index in [1.807, 2.05) is 17.5 Å². The van der Waals surface area contributed by atoms with Gasteiger partial charge in [-0.1, -0.05) is 17.4 Å². The van der Waals surface area contributed by atoms with E-state index in [0.29, 0.717) is 21.1 Å². The Kier molecular flexibility index (Phi) is 5.35. The third-order valence-electron chi connectivity index (χ3n) is 4.10. The third-order valence-corrected chi connectivity index (χ3v) is 7.09. The van der Waals surface area contributed by atoms with Crippen LogP contribution in [0.15, 0.2) is 69.5 Å². The number of nitrogens with zero attached hydrogens (tertiary/aromatic N) is 2. The summed E-state index contributed by atoms with van der Waals surface area (Å²) in [5.74, 6) is 0.385. The number of aromatic nitrogens is 1. The largest absolute Gasteiger partial charge is 0.467 e. The molecule has 0 atom stereocenters. The molecule has 6 nitrogen and oxygen atoms in total. The lowest BCUT2D eigenvalue weighted by Gasteiger charge is -2.16. The zero-order chi connectivity index (χ0) is 20.4. The molecule has 0 N–H and O–H groups in total. The molecule has 148 valence electrons. The number of furan rings is 1. The molecule has 0 unspecified atom stereocenters. The minimum Gasteiger partial charge on any atom is -0.467 e. The lowest BCUT2D eigenvalue weighted by Crippen LogP contribution is -2.28. The van der Waals surface area contributed by atoms with Crippen LogP contribution in [0.5, 0.6) is 0 Å². The molecule has 29 heavy (non-hydrogen) atoms. The molecule has 4 rings (SSSR count). The number of thiophene rings is 1. The van der Waals surface area contributed by atoms with Gasteiger partial charge in [-0.15, -0.1) is 11.3 Å². The second-order valence-electron chi connectivity index (χ2n) is 6.25. The van der Waals surface area contributed by atoms with Crippen LogP contribution in [-0.4, -0.2) is 25.6 Å². The Morgan fingerprint density at radius 1 is 1.24 bits per heavy atom. The average molecular weight is 445 g/mol. The average Bonchev–Trinajstić information content (AvgIpc) is 3.44. The molecule has 0 aliphatic rings. The Balaban J connectivity index is 1.71. The van der Waals surface area contributed by atoms with E-state index in [-0.39, 0.29) is 17.3 Å². The molecule has 0 saturated carbocycles. The molecule has 0 radical (unpaired) electrons. The molecule has 0 spiro atoms. The minimum absolute atomic E-state index is 0.222. The summed E-state index contributed by atoms with van der Waals surface area (Å²) < 4.78 is 29.8. The second-order valence-corrected chi connectivity index (χ2v) is 10.3. The van der Waals surface area contributed by atoms with E-state index in [9.17, 15) is 13.2 Å². The zero-order valence-corrected chi connectivity index (χ0v) is 17.8. The van der Waals surface area contributed by atoms with Crippen molar-refractivity contribution in [1.82, 2.24) is 4.98 Å². The Morgan fingerprint density at radius 3 is 2.79 bits per heavy atom. The number of carbonyl (C=O) groups is 1. The van der Waals surface area contributed by atoms with Crippen LogP contribution in [-0.2, 0) is 21.2 Å². The van der Waals surface area contributed by atoms with Crippen LogP contribution in [0.2, 0.25) is 0 Å². The Morgan fingerprint density at radius 2 is 2.10 bits per heavy atom. The number of sulfone groups is 1. The number of fused-ring (bicyclic) bond motifs is 1. The van der Waals surface area contributed by atoms with Crippen molar-refractivity contribution in [1.29, 1.82) is 0 Å². The lowest BCUT2D eigenvalue weighted by atomic mass is 10.3. The van der Waals surface area contributed by atoms with Crippen LogP contribution in [0.4, 0.5) is 5.13 Å². The fourth-order valence-electron chi connectivity index (χ4n) is 2.67. The van der Waals surface area contributed by atoms with Crippen LogP contribution in [0, 0.1) is 0 Å². The molecule has 0 bridgehead atoms. The molecular formula is C20H16N2O4S3. The van der Waals surface area contributed by atoms with Crippen LogP contribution >= 0.6 is 22.7 Å². The monoisotopic (exact) mass is 444 g/mol. The maximum Gasteiger partial charge on any atom is 0.253 e. The highest BCUT2D eigenvalue weighted by atomic mass is 32.2. The Bertz CT molecular complexity index is 1270. The van der Waals surface area contributed by atoms with Crippen molar-refractivity contribution in [3.63, 3.8) is 0 Å². The number of carbonyl (C=O) groups excluding carboxylic acids is 1. The van der Waals surface area contributed by atoms with Crippen molar-refractivity contribution in [2.24, 2.45) is 0 Å². The smallest absolute Gasteiger partial charge is 0.253 e. The Hall–Kier alpha value is -2.75. The first-order valence-corrected chi connectivity index (χ1v) is 12.1. The quantitative estimate of drug-likeness (QED) is 0.406. The van der Waals surface area contributed by atoms with Gasteiger partial charge in [0.1, 0.15) is 5.76 Å². The van der Waals surface area contributed by atoms with Gasteiger partial charge in [-0.3, -0.25) is 9.69 Å². The van der Waals surface area contributed by atoms with E-state index in [2.05, 4.69) is 4.98 Å². The first-order valence-electron chi connectivity index (χ1n) is 8.56. The SMILES string of the molecule is CS(=O)(=O)c1ccc2nc(N(Cc3ccco3)C(=O)/C=C/c3cccs3)sc2c1. The summed E-state index contributed by atoms with van der Waals surface area (Å²) >= 11 is 2.81. The maximum absolute atomic E-state index is 12.9. The first-order chi connectivity index (χ1) is 13.9. The maximum atomic E-state index is 12.9. The summed E-state index contributed by atoms with van der Waals surface area (Å²) in [4.78, 5) is 20.2. The predicted octanol–water partition coefficient (Wildman–Crippen LogP) is 4.60. The van der Waals surface area contributed by atoms with Crippen LogP contribution in [0.1, 0.15) is 10.6 Å². The number of rotatable bonds is 6. The first kappa shape index (κ1) is 19.6. The summed E-state index contributed by atoms with van der Waals surface area (Å²) in [7, 11) is -3.32. The molecule has 0 aliphatic carbocycles. The minimum atomic E-state index is -3.32. The van der Waals surface area contributed by atoms with Gasteiger partial charge in [0.05, 0.1) is 27.9 Å². The standard InChI is InChI=1S/C20H16N2O4S3/c1-29(24,25)16-7-8-17-18(12-16)28-20(21-17)22(13-14-4-2-10-26-14)19(23)9-6-15-5-3-11-27-15/h2-12H,13H2,1H3/b9-6+. The van der Waals surface area contributed by atoms with Crippen LogP contribution in [0.25, 0.3) is 16.3 Å². The highest BCUT2D eigenvalue weighted by molar-refractivity contribution is 7.90. The molecule has 0 fully saturated rings. The zero-order valence-electron chi connectivity index (χ0n) is 15.3. The number of hydrogen-bond acceptors (Lipinski definition) is 7. The van der Waals surface area contributed by atoms with E-state index in [0.717, 1.165) is 11.1 Å². The molecule has 1 aromatic carbocycles. The van der Waals surface area contributed by atoms with Gasteiger partial charge in [-0.05, 0) is 47.9 Å². The van der Waals surface area contributed by atoms with E-state index in [4.69, 9.17) is 4.42 Å². The van der Waals surface area contributed by atoms with Crippen molar-refractivity contribution in [3.8, 4) is 0 Å². The molecular weight excluding hydrogens is 428 g/mol. The second kappa shape index (κ2) is 7.94. The normalized spacial score (nSPS) is 12.0. The van der Waals surface area contributed by atoms with Crippen molar-refractivity contribution in [3.05, 3.63) is 70.8 Å². The van der Waals surface area contributed by atoms with Crippen molar-refractivity contribution >= 4 is 59.8 Å². The van der Waals surface area contributed by atoms with Gasteiger partial charge in [0.2, 0.25) is 0 Å². The fraction of sp³-hybridized carbons (Fsp3) is 0.100. The summed E-state index contributed by atoms with van der Waals surface area (Å²) in [6, 6.07) is 12.2. The number of benzene rings is 1. The number of amides is 1. The molecule has 4 aromatic rings. The molecule has 0 saturated heterocycles. The van der Waals surface area contributed by atoms with Crippen molar-refractivity contribution in [2.45, 2.75) is 11.4 Å². The fourth-order valence-corrected chi connectivity index (χ4v) is 5.02. The van der Waals surface area contributed by atoms with Gasteiger partial charge in [-0.2, -0.15) is 0 Å². The van der Waals surface area contributed by atoms with Crippen molar-refractivity contribution < 1.29 is 17.6 Å². The van der Waals surface area contributed by atoms with Gasteiger partial charge in [0.15, 0.2) is 15.0 Å². The summed E-state index contributed by atoms with van der Waals surface area (Å²) in [5, 5.41) is 2.42. The summed E-state index contributed by atoms with van der Waals surface area (Å²) in [6.45, 7) is 0.222. The Labute approximate surface area is 175 Å². The highest BCUT2D eigenvalue weighted by Gasteiger charge is 2.20. The topological polar surface area (TPSA) is 80.5 Å². The van der Waals surface area contributed by atoms with Gasteiger partial charge < -0.3 is 4.42 Å². The number of anilines is 1. The summed E-state index contributed by atoms with van der Waals surface area (Å²) in [5.41, 5.74) is 0.636. The van der Waals surface area contributed by atoms with Gasteiger partial charge in [-0.25, -0.2) is 13.4 Å². The molecule has 1 amide bonds. The van der Waals surface area contributed by atoms with E-state index in [1.165, 1.54) is 39.7 Å². The molecule has 9 heteroatoms. The van der Waals surface area contributed by atoms with E-state index < -0.39 is 9.84 Å². The summed E-state index contributed by atoms with van der Waals surface area (Å²) in [6.07, 6.45) is 5.98. The number of thiazole rings is 1. The predicted molar refractivity (Wildman–Crippen MR) is 116 cm³/mol. The van der Waals surface area contributed by atoms with E-state index in [1.54, 1.807) is 36.6 Å². The van der Waals surface area contributed by atoms with Gasteiger partial charge in [0.25, 0.3) is 5.91 Å². The van der Waals surface area contributed by atoms with Crippen molar-refractivity contribution in [2.75, 3.05) is 11.2 Å². The third kappa shape index (κ3) is 4.47. The van der Waals surface area contributed by atoms with Crippen LogP contribution < -0.4 is 4.90 Å². The van der Waals surface area contributed by atoms with E-state index >= 15 is 0 Å². The highest BCUT2D eigenvalue weighted by Crippen LogP contribution is 2.32. The molecule has 3 heterocycles.